The van der Waals surface area contributed by atoms with Gasteiger partial charge in [-0.05, 0) is 61.7 Å². The molecular formula is C21H25F2N3O. The number of rotatable bonds is 5. The summed E-state index contributed by atoms with van der Waals surface area (Å²) in [5.41, 5.74) is 2.36. The molecule has 1 heterocycles. The van der Waals surface area contributed by atoms with Crippen LogP contribution in [0.25, 0.3) is 0 Å². The normalized spacial score (nSPS) is 17.5. The van der Waals surface area contributed by atoms with Crippen LogP contribution in [0.15, 0.2) is 42.5 Å². The van der Waals surface area contributed by atoms with Crippen molar-refractivity contribution in [3.8, 4) is 0 Å². The number of hydrogen-bond donors (Lipinski definition) is 2. The number of anilines is 1. The predicted octanol–water partition coefficient (Wildman–Crippen LogP) is 4.66. The van der Waals surface area contributed by atoms with Crippen molar-refractivity contribution in [2.24, 2.45) is 0 Å². The van der Waals surface area contributed by atoms with Crippen molar-refractivity contribution in [2.75, 3.05) is 11.9 Å². The second-order valence-corrected chi connectivity index (χ2v) is 7.07. The summed E-state index contributed by atoms with van der Waals surface area (Å²) in [5.74, 6) is -1.82. The zero-order chi connectivity index (χ0) is 19.2. The molecule has 0 radical (unpaired) electrons. The van der Waals surface area contributed by atoms with Gasteiger partial charge in [-0.2, -0.15) is 0 Å². The number of nitrogens with zero attached hydrogens (tertiary/aromatic N) is 1. The van der Waals surface area contributed by atoms with Gasteiger partial charge in [-0.3, -0.25) is 4.90 Å². The molecule has 0 aromatic heterocycles. The smallest absolute Gasteiger partial charge is 0.319 e. The van der Waals surface area contributed by atoms with Crippen molar-refractivity contribution in [1.29, 1.82) is 0 Å². The molecule has 2 amide bonds. The van der Waals surface area contributed by atoms with Crippen LogP contribution in [0, 0.1) is 11.6 Å². The Kier molecular flexibility index (Phi) is 6.40. The van der Waals surface area contributed by atoms with E-state index in [1.807, 2.05) is 18.2 Å². The van der Waals surface area contributed by atoms with Crippen LogP contribution in [0.2, 0.25) is 0 Å². The molecule has 1 aliphatic heterocycles. The van der Waals surface area contributed by atoms with Crippen LogP contribution >= 0.6 is 0 Å². The zero-order valence-corrected chi connectivity index (χ0v) is 15.5. The van der Waals surface area contributed by atoms with Crippen LogP contribution in [0.4, 0.5) is 19.3 Å². The van der Waals surface area contributed by atoms with E-state index in [0.29, 0.717) is 17.3 Å². The highest BCUT2D eigenvalue weighted by atomic mass is 19.2. The summed E-state index contributed by atoms with van der Waals surface area (Å²) >= 11 is 0. The first-order valence-electron chi connectivity index (χ1n) is 9.33. The van der Waals surface area contributed by atoms with E-state index < -0.39 is 11.6 Å². The number of hydrogen-bond acceptors (Lipinski definition) is 2. The molecule has 0 unspecified atom stereocenters. The fraction of sp³-hybridized carbons (Fsp3) is 0.381. The van der Waals surface area contributed by atoms with E-state index in [2.05, 4.69) is 28.5 Å². The topological polar surface area (TPSA) is 44.4 Å². The van der Waals surface area contributed by atoms with Gasteiger partial charge >= 0.3 is 6.03 Å². The Bertz CT molecular complexity index is 797. The number of carbonyl (C=O) groups excluding carboxylic acids is 1. The van der Waals surface area contributed by atoms with Crippen LogP contribution in [-0.4, -0.2) is 23.5 Å². The fourth-order valence-electron chi connectivity index (χ4n) is 3.38. The quantitative estimate of drug-likeness (QED) is 0.801. The van der Waals surface area contributed by atoms with Gasteiger partial charge in [0.2, 0.25) is 0 Å². The number of amides is 2. The predicted molar refractivity (Wildman–Crippen MR) is 102 cm³/mol. The number of piperidine rings is 1. The van der Waals surface area contributed by atoms with E-state index in [4.69, 9.17) is 0 Å². The number of halogens is 2. The number of urea groups is 1. The van der Waals surface area contributed by atoms with Crippen molar-refractivity contribution in [3.63, 3.8) is 0 Å². The van der Waals surface area contributed by atoms with Crippen LogP contribution in [-0.2, 0) is 13.1 Å². The number of carbonyl (C=O) groups is 1. The van der Waals surface area contributed by atoms with Gasteiger partial charge < -0.3 is 10.6 Å². The number of benzene rings is 2. The first-order valence-corrected chi connectivity index (χ1v) is 9.33. The summed E-state index contributed by atoms with van der Waals surface area (Å²) in [6, 6.07) is 11.6. The minimum Gasteiger partial charge on any atom is -0.334 e. The number of likely N-dealkylation sites (tertiary alicyclic amines) is 1. The van der Waals surface area contributed by atoms with Gasteiger partial charge in [0.1, 0.15) is 0 Å². The Morgan fingerprint density at radius 2 is 1.96 bits per heavy atom. The Morgan fingerprint density at radius 3 is 2.74 bits per heavy atom. The molecule has 0 spiro atoms. The highest BCUT2D eigenvalue weighted by molar-refractivity contribution is 5.89. The van der Waals surface area contributed by atoms with E-state index in [0.717, 1.165) is 30.8 Å². The lowest BCUT2D eigenvalue weighted by molar-refractivity contribution is 0.152. The third-order valence-corrected chi connectivity index (χ3v) is 4.95. The molecule has 4 nitrogen and oxygen atoms in total. The first-order chi connectivity index (χ1) is 13.0. The largest absolute Gasteiger partial charge is 0.334 e. The number of nitrogens with one attached hydrogen (secondary N) is 2. The van der Waals surface area contributed by atoms with Gasteiger partial charge in [-0.1, -0.05) is 24.6 Å². The molecule has 2 N–H and O–H groups in total. The Labute approximate surface area is 158 Å². The van der Waals surface area contributed by atoms with Gasteiger partial charge in [0.05, 0.1) is 0 Å². The molecule has 0 saturated carbocycles. The van der Waals surface area contributed by atoms with E-state index in [9.17, 15) is 13.6 Å². The van der Waals surface area contributed by atoms with Crippen molar-refractivity contribution in [1.82, 2.24) is 10.2 Å². The molecule has 6 heteroatoms. The van der Waals surface area contributed by atoms with E-state index in [1.165, 1.54) is 25.3 Å². The second kappa shape index (κ2) is 8.95. The lowest BCUT2D eigenvalue weighted by atomic mass is 10.0. The summed E-state index contributed by atoms with van der Waals surface area (Å²) in [6.07, 6.45) is 3.75. The molecule has 2 aromatic carbocycles. The highest BCUT2D eigenvalue weighted by Crippen LogP contribution is 2.20. The lowest BCUT2D eigenvalue weighted by Gasteiger charge is -2.33. The molecule has 0 aliphatic carbocycles. The molecule has 1 saturated heterocycles. The van der Waals surface area contributed by atoms with E-state index in [-0.39, 0.29) is 12.6 Å². The van der Waals surface area contributed by atoms with Gasteiger partial charge in [0.25, 0.3) is 0 Å². The highest BCUT2D eigenvalue weighted by Gasteiger charge is 2.18. The lowest BCUT2D eigenvalue weighted by Crippen LogP contribution is -2.36. The average Bonchev–Trinajstić information content (AvgIpc) is 2.65. The zero-order valence-electron chi connectivity index (χ0n) is 15.5. The standard InChI is InChI=1S/C21H25F2N3O/c1-15-5-2-3-10-26(15)14-17-6-4-7-18(11-17)25-21(27)24-13-16-8-9-19(22)20(23)12-16/h4,6-9,11-12,15H,2-3,5,10,13-14H2,1H3,(H2,24,25,27)/t15-/m0/s1. The van der Waals surface area contributed by atoms with Crippen molar-refractivity contribution in [3.05, 3.63) is 65.2 Å². The molecule has 1 fully saturated rings. The minimum atomic E-state index is -0.922. The summed E-state index contributed by atoms with van der Waals surface area (Å²) in [6.45, 7) is 4.35. The molecule has 1 atom stereocenters. The molecule has 0 bridgehead atoms. The molecule has 144 valence electrons. The fourth-order valence-corrected chi connectivity index (χ4v) is 3.38. The molecule has 2 aromatic rings. The summed E-state index contributed by atoms with van der Waals surface area (Å²) in [7, 11) is 0. The summed E-state index contributed by atoms with van der Waals surface area (Å²) in [5, 5.41) is 5.44. The maximum atomic E-state index is 13.2. The van der Waals surface area contributed by atoms with E-state index in [1.54, 1.807) is 0 Å². The average molecular weight is 373 g/mol. The van der Waals surface area contributed by atoms with Crippen LogP contribution in [0.5, 0.6) is 0 Å². The van der Waals surface area contributed by atoms with Crippen LogP contribution < -0.4 is 10.6 Å². The second-order valence-electron chi connectivity index (χ2n) is 7.07. The van der Waals surface area contributed by atoms with Gasteiger partial charge in [0.15, 0.2) is 11.6 Å². The summed E-state index contributed by atoms with van der Waals surface area (Å²) in [4.78, 5) is 14.6. The SMILES string of the molecule is C[C@H]1CCCCN1Cc1cccc(NC(=O)NCc2ccc(F)c(F)c2)c1. The Hall–Kier alpha value is -2.47. The van der Waals surface area contributed by atoms with Gasteiger partial charge in [-0.25, -0.2) is 13.6 Å². The third kappa shape index (κ3) is 5.50. The summed E-state index contributed by atoms with van der Waals surface area (Å²) < 4.78 is 26.1. The monoisotopic (exact) mass is 373 g/mol. The van der Waals surface area contributed by atoms with Crippen molar-refractivity contribution >= 4 is 11.7 Å². The molecular weight excluding hydrogens is 348 g/mol. The first kappa shape index (κ1) is 19.3. The minimum absolute atomic E-state index is 0.119. The Morgan fingerprint density at radius 1 is 1.11 bits per heavy atom. The van der Waals surface area contributed by atoms with Gasteiger partial charge in [-0.15, -0.1) is 0 Å². The van der Waals surface area contributed by atoms with Crippen molar-refractivity contribution in [2.45, 2.75) is 45.3 Å². The van der Waals surface area contributed by atoms with E-state index >= 15 is 0 Å². The molecule has 1 aliphatic rings. The Balaban J connectivity index is 1.53. The van der Waals surface area contributed by atoms with Crippen LogP contribution in [0.3, 0.4) is 0 Å². The van der Waals surface area contributed by atoms with Crippen LogP contribution in [0.1, 0.15) is 37.3 Å². The molecule has 27 heavy (non-hydrogen) atoms. The maximum absolute atomic E-state index is 13.2. The van der Waals surface area contributed by atoms with Gasteiger partial charge in [0, 0.05) is 24.8 Å². The third-order valence-electron chi connectivity index (χ3n) is 4.95. The maximum Gasteiger partial charge on any atom is 0.319 e. The van der Waals surface area contributed by atoms with Crippen molar-refractivity contribution < 1.29 is 13.6 Å². The molecule has 3 rings (SSSR count).